The Bertz CT molecular complexity index is 201. The maximum Gasteiger partial charge on any atom is 0.164 e. The Kier molecular flexibility index (Phi) is 2.79. The normalized spacial score (nSPS) is 47.1. The first-order valence-electron chi connectivity index (χ1n) is 4.79. The highest BCUT2D eigenvalue weighted by Gasteiger charge is 2.49. The highest BCUT2D eigenvalue weighted by Crippen LogP contribution is 2.35. The van der Waals surface area contributed by atoms with E-state index in [1.54, 1.807) is 13.8 Å². The van der Waals surface area contributed by atoms with Crippen LogP contribution in [0.2, 0.25) is 0 Å². The molecule has 0 aromatic rings. The Morgan fingerprint density at radius 2 is 1.50 bits per heavy atom. The first kappa shape index (κ1) is 10.7. The van der Waals surface area contributed by atoms with E-state index in [0.29, 0.717) is 11.5 Å². The number of rotatable bonds is 0. The lowest BCUT2D eigenvalue weighted by Gasteiger charge is -2.20. The van der Waals surface area contributed by atoms with Crippen molar-refractivity contribution in [1.82, 2.24) is 0 Å². The van der Waals surface area contributed by atoms with Gasteiger partial charge in [0, 0.05) is 11.5 Å². The van der Waals surface area contributed by atoms with Gasteiger partial charge in [0.05, 0.1) is 12.2 Å². The van der Waals surface area contributed by atoms with Crippen LogP contribution in [0.3, 0.4) is 0 Å². The molecule has 4 atom stereocenters. The molecule has 0 saturated carbocycles. The van der Waals surface area contributed by atoms with Gasteiger partial charge in [-0.2, -0.15) is 11.8 Å². The monoisotopic (exact) mass is 220 g/mol. The lowest BCUT2D eigenvalue weighted by atomic mass is 10.1. The van der Waals surface area contributed by atoms with Crippen molar-refractivity contribution in [3.8, 4) is 0 Å². The molecule has 2 N–H and O–H groups in total. The molecule has 2 aliphatic rings. The third kappa shape index (κ3) is 1.92. The molecule has 0 aromatic heterocycles. The van der Waals surface area contributed by atoms with Gasteiger partial charge in [0.15, 0.2) is 5.79 Å². The second kappa shape index (κ2) is 3.64. The number of hydrogen-bond acceptors (Lipinski definition) is 5. The van der Waals surface area contributed by atoms with Crippen molar-refractivity contribution in [3.05, 3.63) is 0 Å². The molecule has 2 saturated heterocycles. The summed E-state index contributed by atoms with van der Waals surface area (Å²) in [5.74, 6) is 0.495. The Labute approximate surface area is 87.6 Å². The number of hydrogen-bond donors (Lipinski definition) is 2. The summed E-state index contributed by atoms with van der Waals surface area (Å²) in [6.45, 7) is 3.60. The third-order valence-corrected chi connectivity index (χ3v) is 3.65. The lowest BCUT2D eigenvalue weighted by Crippen LogP contribution is -2.41. The number of aliphatic hydroxyl groups excluding tert-OH is 2. The van der Waals surface area contributed by atoms with Crippen LogP contribution < -0.4 is 0 Å². The van der Waals surface area contributed by atoms with E-state index < -0.39 is 30.2 Å². The standard InChI is InChI=1S/C9H16O4S/c1-9(2)12-7-5(10)3-14-4-6(11)8(7)13-9/h5-8,10-11H,3-4H2,1-2H3/t5-,6-,7-,8-/m0/s1. The van der Waals surface area contributed by atoms with Crippen LogP contribution >= 0.6 is 11.8 Å². The fourth-order valence-electron chi connectivity index (χ4n) is 1.91. The van der Waals surface area contributed by atoms with Gasteiger partial charge in [-0.3, -0.25) is 0 Å². The first-order valence-corrected chi connectivity index (χ1v) is 5.94. The summed E-state index contributed by atoms with van der Waals surface area (Å²) in [4.78, 5) is 0. The smallest absolute Gasteiger partial charge is 0.164 e. The van der Waals surface area contributed by atoms with Gasteiger partial charge >= 0.3 is 0 Å². The number of thioether (sulfide) groups is 1. The predicted octanol–water partition coefficient (Wildman–Crippen LogP) is -0.0249. The highest BCUT2D eigenvalue weighted by molar-refractivity contribution is 7.99. The molecule has 0 unspecified atom stereocenters. The number of ether oxygens (including phenoxy) is 2. The van der Waals surface area contributed by atoms with Crippen LogP contribution in [0.4, 0.5) is 0 Å². The molecule has 4 nitrogen and oxygen atoms in total. The van der Waals surface area contributed by atoms with Crippen LogP contribution in [0.15, 0.2) is 0 Å². The molecule has 0 amide bonds. The molecule has 0 radical (unpaired) electrons. The quantitative estimate of drug-likeness (QED) is 0.600. The van der Waals surface area contributed by atoms with Gasteiger partial charge in [-0.1, -0.05) is 0 Å². The van der Waals surface area contributed by atoms with Gasteiger partial charge < -0.3 is 19.7 Å². The van der Waals surface area contributed by atoms with Gasteiger partial charge in [-0.05, 0) is 13.8 Å². The highest BCUT2D eigenvalue weighted by atomic mass is 32.2. The molecule has 82 valence electrons. The van der Waals surface area contributed by atoms with E-state index in [4.69, 9.17) is 9.47 Å². The number of fused-ring (bicyclic) bond motifs is 1. The van der Waals surface area contributed by atoms with E-state index in [1.807, 2.05) is 0 Å². The van der Waals surface area contributed by atoms with Crippen LogP contribution in [-0.2, 0) is 9.47 Å². The van der Waals surface area contributed by atoms with Crippen LogP contribution in [0, 0.1) is 0 Å². The summed E-state index contributed by atoms with van der Waals surface area (Å²) in [6.07, 6.45) is -1.89. The third-order valence-electron chi connectivity index (χ3n) is 2.50. The minimum atomic E-state index is -0.695. The molecule has 2 heterocycles. The van der Waals surface area contributed by atoms with Crippen molar-refractivity contribution in [2.75, 3.05) is 11.5 Å². The molecule has 0 bridgehead atoms. The zero-order valence-electron chi connectivity index (χ0n) is 8.34. The van der Waals surface area contributed by atoms with Crippen LogP contribution in [-0.4, -0.2) is 51.9 Å². The largest absolute Gasteiger partial charge is 0.389 e. The van der Waals surface area contributed by atoms with Gasteiger partial charge in [0.25, 0.3) is 0 Å². The Balaban J connectivity index is 2.16. The maximum absolute atomic E-state index is 9.77. The molecular weight excluding hydrogens is 204 g/mol. The summed E-state index contributed by atoms with van der Waals surface area (Å²) in [5, 5.41) is 19.5. The minimum absolute atomic E-state index is 0.394. The average Bonchev–Trinajstić information content (AvgIpc) is 2.35. The van der Waals surface area contributed by atoms with Gasteiger partial charge in [-0.25, -0.2) is 0 Å². The van der Waals surface area contributed by atoms with Gasteiger partial charge in [0.1, 0.15) is 12.2 Å². The molecule has 0 aliphatic carbocycles. The minimum Gasteiger partial charge on any atom is -0.389 e. The number of aliphatic hydroxyl groups is 2. The van der Waals surface area contributed by atoms with Gasteiger partial charge in [0.2, 0.25) is 0 Å². The summed E-state index contributed by atoms with van der Waals surface area (Å²) >= 11 is 1.53. The van der Waals surface area contributed by atoms with Gasteiger partial charge in [-0.15, -0.1) is 0 Å². The molecule has 0 spiro atoms. The Morgan fingerprint density at radius 1 is 1.07 bits per heavy atom. The van der Waals surface area contributed by atoms with E-state index in [-0.39, 0.29) is 0 Å². The van der Waals surface area contributed by atoms with Crippen LogP contribution in [0.5, 0.6) is 0 Å². The summed E-state index contributed by atoms with van der Waals surface area (Å²) < 4.78 is 11.1. The lowest BCUT2D eigenvalue weighted by molar-refractivity contribution is -0.159. The molecule has 2 rings (SSSR count). The van der Waals surface area contributed by atoms with E-state index in [2.05, 4.69) is 0 Å². The SMILES string of the molecule is CC1(C)O[C@@H]2[C@@H](O1)[C@@H](O)CSC[C@@H]2O. The molecule has 0 aromatic carbocycles. The van der Waals surface area contributed by atoms with Crippen molar-refractivity contribution in [2.24, 2.45) is 0 Å². The molecule has 2 aliphatic heterocycles. The summed E-state index contributed by atoms with van der Waals surface area (Å²) in [5.41, 5.74) is 0. The van der Waals surface area contributed by atoms with Crippen molar-refractivity contribution in [1.29, 1.82) is 0 Å². The van der Waals surface area contributed by atoms with E-state index in [1.165, 1.54) is 11.8 Å². The van der Waals surface area contributed by atoms with E-state index in [9.17, 15) is 10.2 Å². The second-order valence-corrected chi connectivity index (χ2v) is 5.31. The van der Waals surface area contributed by atoms with Crippen LogP contribution in [0.25, 0.3) is 0 Å². The fourth-order valence-corrected chi connectivity index (χ4v) is 2.91. The Morgan fingerprint density at radius 3 is 1.93 bits per heavy atom. The van der Waals surface area contributed by atoms with Crippen molar-refractivity contribution >= 4 is 11.8 Å². The molecular formula is C9H16O4S. The summed E-state index contributed by atoms with van der Waals surface area (Å²) in [7, 11) is 0. The molecule has 14 heavy (non-hydrogen) atoms. The van der Waals surface area contributed by atoms with Crippen molar-refractivity contribution < 1.29 is 19.7 Å². The Hall–Kier alpha value is 0.190. The maximum atomic E-state index is 9.77. The fraction of sp³-hybridized carbons (Fsp3) is 1.00. The van der Waals surface area contributed by atoms with E-state index >= 15 is 0 Å². The topological polar surface area (TPSA) is 58.9 Å². The van der Waals surface area contributed by atoms with E-state index in [0.717, 1.165) is 0 Å². The van der Waals surface area contributed by atoms with Crippen LogP contribution in [0.1, 0.15) is 13.8 Å². The average molecular weight is 220 g/mol. The second-order valence-electron chi connectivity index (χ2n) is 4.24. The van der Waals surface area contributed by atoms with Crippen molar-refractivity contribution in [2.45, 2.75) is 44.1 Å². The summed E-state index contributed by atoms with van der Waals surface area (Å²) in [6, 6.07) is 0. The zero-order valence-corrected chi connectivity index (χ0v) is 9.16. The molecule has 5 heteroatoms. The predicted molar refractivity (Wildman–Crippen MR) is 53.2 cm³/mol. The molecule has 2 fully saturated rings. The first-order chi connectivity index (χ1) is 6.49. The van der Waals surface area contributed by atoms with Crippen molar-refractivity contribution in [3.63, 3.8) is 0 Å². The zero-order chi connectivity index (χ0) is 10.3.